The summed E-state index contributed by atoms with van der Waals surface area (Å²) in [6.45, 7) is 1.30. The molecular weight excluding hydrogens is 578 g/mol. The van der Waals surface area contributed by atoms with Gasteiger partial charge in [-0.05, 0) is 38.2 Å². The highest BCUT2D eigenvalue weighted by Crippen LogP contribution is 2.06. The van der Waals surface area contributed by atoms with Crippen molar-refractivity contribution in [2.45, 2.75) is 75.7 Å². The number of H-pyrrole nitrogens is 1. The van der Waals surface area contributed by atoms with Gasteiger partial charge < -0.3 is 47.3 Å². The molecule has 10 N–H and O–H groups in total. The molecule has 0 spiro atoms. The van der Waals surface area contributed by atoms with Gasteiger partial charge in [0.1, 0.15) is 24.2 Å². The van der Waals surface area contributed by atoms with E-state index >= 15 is 0 Å². The van der Waals surface area contributed by atoms with Crippen molar-refractivity contribution in [3.05, 3.63) is 18.2 Å². The second-order valence-corrected chi connectivity index (χ2v) is 10.3. The number of thioether (sulfide) groups is 1. The number of carbonyl (C=O) groups is 7. The minimum atomic E-state index is -1.60. The van der Waals surface area contributed by atoms with E-state index in [0.717, 1.165) is 0 Å². The lowest BCUT2D eigenvalue weighted by molar-refractivity contribution is -0.144. The molecule has 1 aromatic heterocycles. The van der Waals surface area contributed by atoms with Crippen LogP contribution < -0.4 is 27.0 Å². The Hall–Kier alpha value is -4.19. The maximum absolute atomic E-state index is 13.0. The average molecular weight is 616 g/mol. The van der Waals surface area contributed by atoms with E-state index in [0.29, 0.717) is 11.4 Å². The van der Waals surface area contributed by atoms with Gasteiger partial charge in [0.2, 0.25) is 23.6 Å². The highest BCUT2D eigenvalue weighted by atomic mass is 32.2. The van der Waals surface area contributed by atoms with E-state index in [-0.39, 0.29) is 12.8 Å². The third kappa shape index (κ3) is 13.4. The molecule has 0 radical (unpaired) electrons. The fraction of sp³-hybridized carbons (Fsp3) is 0.583. The topological polar surface area (TPSA) is 283 Å². The van der Waals surface area contributed by atoms with Crippen molar-refractivity contribution in [3.8, 4) is 0 Å². The van der Waals surface area contributed by atoms with Gasteiger partial charge in [0.25, 0.3) is 0 Å². The summed E-state index contributed by atoms with van der Waals surface area (Å²) in [6, 6.07) is -6.41. The van der Waals surface area contributed by atoms with Crippen LogP contribution in [0.3, 0.4) is 0 Å². The van der Waals surface area contributed by atoms with Crippen molar-refractivity contribution in [2.24, 2.45) is 5.73 Å². The van der Waals surface area contributed by atoms with E-state index in [4.69, 9.17) is 15.9 Å². The van der Waals surface area contributed by atoms with Crippen molar-refractivity contribution in [1.82, 2.24) is 31.2 Å². The number of carboxylic acid groups (broad SMARTS) is 3. The van der Waals surface area contributed by atoms with Gasteiger partial charge in [0.05, 0.1) is 12.4 Å². The first kappa shape index (κ1) is 35.8. The zero-order valence-corrected chi connectivity index (χ0v) is 23.9. The average Bonchev–Trinajstić information content (AvgIpc) is 3.43. The van der Waals surface area contributed by atoms with Crippen LogP contribution in [0.5, 0.6) is 0 Å². The molecule has 0 aromatic carbocycles. The predicted molar refractivity (Wildman–Crippen MR) is 148 cm³/mol. The fourth-order valence-electron chi connectivity index (χ4n) is 3.52. The van der Waals surface area contributed by atoms with Gasteiger partial charge in [0.15, 0.2) is 0 Å². The molecule has 5 atom stereocenters. The second-order valence-electron chi connectivity index (χ2n) is 9.29. The first-order chi connectivity index (χ1) is 19.7. The molecule has 17 nitrogen and oxygen atoms in total. The molecule has 0 saturated heterocycles. The first-order valence-corrected chi connectivity index (χ1v) is 14.2. The number of amides is 4. The zero-order chi connectivity index (χ0) is 31.8. The van der Waals surface area contributed by atoms with E-state index in [9.17, 15) is 38.7 Å². The molecule has 1 rings (SSSR count). The lowest BCUT2D eigenvalue weighted by Gasteiger charge is -2.24. The summed E-state index contributed by atoms with van der Waals surface area (Å²) in [5, 5.41) is 36.5. The third-order valence-corrected chi connectivity index (χ3v) is 6.51. The largest absolute Gasteiger partial charge is 0.481 e. The Morgan fingerprint density at radius 3 is 1.88 bits per heavy atom. The summed E-state index contributed by atoms with van der Waals surface area (Å²) in [5.41, 5.74) is 6.57. The standard InChI is InChI=1S/C24H37N7O10S/c1-12(28-22(38)16(7-8-42-2)30-21(37)14(25)9-13-10-26-11-27-13)20(36)29-15(3-5-18(32)33)23(39)31-17(24(40)41)4-6-19(34)35/h10-12,14-17H,3-9,25H2,1-2H3,(H,26,27)(H,28,38)(H,29,36)(H,30,37)(H,31,39)(H,32,33)(H,34,35)(H,40,41)/t12-,14-,15-,16-,17-/m0/s1. The lowest BCUT2D eigenvalue weighted by Crippen LogP contribution is -2.58. The van der Waals surface area contributed by atoms with E-state index < -0.39 is 97.4 Å². The Bertz CT molecular complexity index is 1100. The monoisotopic (exact) mass is 615 g/mol. The highest BCUT2D eigenvalue weighted by molar-refractivity contribution is 7.98. The highest BCUT2D eigenvalue weighted by Gasteiger charge is 2.30. The van der Waals surface area contributed by atoms with E-state index in [1.807, 2.05) is 0 Å². The van der Waals surface area contributed by atoms with Crippen LogP contribution in [0.4, 0.5) is 0 Å². The van der Waals surface area contributed by atoms with Crippen molar-refractivity contribution in [1.29, 1.82) is 0 Å². The zero-order valence-electron chi connectivity index (χ0n) is 23.1. The summed E-state index contributed by atoms with van der Waals surface area (Å²) >= 11 is 1.42. The van der Waals surface area contributed by atoms with Gasteiger partial charge in [-0.3, -0.25) is 28.8 Å². The predicted octanol–water partition coefficient (Wildman–Crippen LogP) is -2.19. The van der Waals surface area contributed by atoms with E-state index in [1.165, 1.54) is 31.2 Å². The van der Waals surface area contributed by atoms with E-state index in [1.54, 1.807) is 6.26 Å². The number of hydrogen-bond donors (Lipinski definition) is 9. The molecule has 234 valence electrons. The van der Waals surface area contributed by atoms with Crippen LogP contribution in [-0.2, 0) is 40.0 Å². The van der Waals surface area contributed by atoms with E-state index in [2.05, 4.69) is 31.2 Å². The van der Waals surface area contributed by atoms with Crippen molar-refractivity contribution >= 4 is 53.3 Å². The summed E-state index contributed by atoms with van der Waals surface area (Å²) in [4.78, 5) is 91.2. The molecule has 0 saturated carbocycles. The van der Waals surface area contributed by atoms with Gasteiger partial charge in [-0.1, -0.05) is 0 Å². The number of rotatable bonds is 20. The molecular formula is C24H37N7O10S. The molecule has 0 aliphatic carbocycles. The van der Waals surface area contributed by atoms with Gasteiger partial charge in [0, 0.05) is 31.2 Å². The molecule has 0 aliphatic heterocycles. The van der Waals surface area contributed by atoms with Gasteiger partial charge in [-0.2, -0.15) is 11.8 Å². The van der Waals surface area contributed by atoms with Crippen molar-refractivity contribution < 1.29 is 48.9 Å². The number of carbonyl (C=O) groups excluding carboxylic acids is 4. The van der Waals surface area contributed by atoms with Gasteiger partial charge in [-0.15, -0.1) is 0 Å². The summed E-state index contributed by atoms with van der Waals surface area (Å²) in [5.74, 6) is -6.86. The number of imidazole rings is 1. The summed E-state index contributed by atoms with van der Waals surface area (Å²) < 4.78 is 0. The Balaban J connectivity index is 2.89. The minimum Gasteiger partial charge on any atom is -0.481 e. The van der Waals surface area contributed by atoms with Crippen LogP contribution in [-0.4, -0.2) is 109 Å². The second kappa shape index (κ2) is 18.3. The number of hydrogen-bond acceptors (Lipinski definition) is 10. The van der Waals surface area contributed by atoms with Crippen molar-refractivity contribution in [2.75, 3.05) is 12.0 Å². The maximum atomic E-state index is 13.0. The molecule has 0 aliphatic rings. The molecule has 42 heavy (non-hydrogen) atoms. The molecule has 18 heteroatoms. The number of nitrogens with zero attached hydrogens (tertiary/aromatic N) is 1. The smallest absolute Gasteiger partial charge is 0.326 e. The van der Waals surface area contributed by atoms with Crippen LogP contribution in [0.25, 0.3) is 0 Å². The first-order valence-electron chi connectivity index (χ1n) is 12.8. The number of aliphatic carboxylic acids is 3. The number of carboxylic acids is 3. The summed E-state index contributed by atoms with van der Waals surface area (Å²) in [6.07, 6.45) is 3.10. The quantitative estimate of drug-likeness (QED) is 0.0754. The number of aromatic amines is 1. The minimum absolute atomic E-state index is 0.139. The Morgan fingerprint density at radius 1 is 0.833 bits per heavy atom. The fourth-order valence-corrected chi connectivity index (χ4v) is 3.99. The van der Waals surface area contributed by atoms with Gasteiger partial charge >= 0.3 is 17.9 Å². The van der Waals surface area contributed by atoms with Crippen LogP contribution >= 0.6 is 11.8 Å². The number of aromatic nitrogens is 2. The molecule has 1 heterocycles. The third-order valence-electron chi connectivity index (χ3n) is 5.87. The Labute approximate surface area is 245 Å². The SMILES string of the molecule is CSCC[C@H](NC(=O)[C@@H](N)Cc1cnc[nH]1)C(=O)N[C@@H](C)C(=O)N[C@@H](CCC(=O)O)C(=O)N[C@@H](CCC(=O)O)C(=O)O. The van der Waals surface area contributed by atoms with Crippen molar-refractivity contribution in [3.63, 3.8) is 0 Å². The maximum Gasteiger partial charge on any atom is 0.326 e. The van der Waals surface area contributed by atoms with Crippen LogP contribution in [0.1, 0.15) is 44.7 Å². The molecule has 0 fully saturated rings. The number of nitrogens with two attached hydrogens (primary N) is 1. The van der Waals surface area contributed by atoms with Crippen LogP contribution in [0.15, 0.2) is 12.5 Å². The van der Waals surface area contributed by atoms with Crippen LogP contribution in [0.2, 0.25) is 0 Å². The number of nitrogens with one attached hydrogen (secondary N) is 5. The lowest BCUT2D eigenvalue weighted by atomic mass is 10.1. The normalized spacial score (nSPS) is 14.4. The Morgan fingerprint density at radius 2 is 1.36 bits per heavy atom. The molecule has 0 bridgehead atoms. The van der Waals surface area contributed by atoms with Gasteiger partial charge in [-0.25, -0.2) is 9.78 Å². The Kier molecular flexibility index (Phi) is 15.6. The van der Waals surface area contributed by atoms with Crippen LogP contribution in [0, 0.1) is 0 Å². The molecule has 1 aromatic rings. The summed E-state index contributed by atoms with van der Waals surface area (Å²) in [7, 11) is 0. The molecule has 4 amide bonds. The molecule has 0 unspecified atom stereocenters.